The Morgan fingerprint density at radius 1 is 1.40 bits per heavy atom. The number of primary sulfonamides is 1. The van der Waals surface area contributed by atoms with Crippen LogP contribution in [0.4, 0.5) is 0 Å². The molecule has 15 heavy (non-hydrogen) atoms. The van der Waals surface area contributed by atoms with Crippen molar-refractivity contribution in [3.05, 3.63) is 22.5 Å². The quantitative estimate of drug-likeness (QED) is 0.895. The molecule has 80 valence electrons. The van der Waals surface area contributed by atoms with Gasteiger partial charge in [0.15, 0.2) is 0 Å². The topological polar surface area (TPSA) is 73.0 Å². The lowest BCUT2D eigenvalue weighted by atomic mass is 10.4. The van der Waals surface area contributed by atoms with E-state index in [-0.39, 0.29) is 4.21 Å². The summed E-state index contributed by atoms with van der Waals surface area (Å²) in [6, 6.07) is 3.23. The Morgan fingerprint density at radius 3 is 2.60 bits per heavy atom. The fourth-order valence-corrected chi connectivity index (χ4v) is 3.46. The van der Waals surface area contributed by atoms with Crippen LogP contribution in [0, 0.1) is 6.92 Å². The second-order valence-corrected chi connectivity index (χ2v) is 6.85. The fourth-order valence-electron chi connectivity index (χ4n) is 1.09. The Balaban J connectivity index is 2.44. The van der Waals surface area contributed by atoms with Crippen molar-refractivity contribution in [2.45, 2.75) is 11.1 Å². The first-order valence-corrected chi connectivity index (χ1v) is 7.26. The molecule has 0 atom stereocenters. The molecular weight excluding hydrogens is 252 g/mol. The van der Waals surface area contributed by atoms with Crippen molar-refractivity contribution >= 4 is 32.7 Å². The maximum atomic E-state index is 11.1. The van der Waals surface area contributed by atoms with Gasteiger partial charge in [-0.2, -0.15) is 0 Å². The smallest absolute Gasteiger partial charge is 0.241 e. The average molecular weight is 260 g/mol. The van der Waals surface area contributed by atoms with Crippen molar-refractivity contribution in [1.82, 2.24) is 4.98 Å². The summed E-state index contributed by atoms with van der Waals surface area (Å²) in [4.78, 5) is 5.09. The number of aryl methyl sites for hydroxylation is 1. The molecule has 4 nitrogen and oxygen atoms in total. The third kappa shape index (κ3) is 2.25. The molecule has 0 unspecified atom stereocenters. The van der Waals surface area contributed by atoms with Gasteiger partial charge in [0.05, 0.1) is 15.6 Å². The summed E-state index contributed by atoms with van der Waals surface area (Å²) >= 11 is 2.67. The molecule has 0 saturated carbocycles. The number of rotatable bonds is 2. The monoisotopic (exact) mass is 260 g/mol. The summed E-state index contributed by atoms with van der Waals surface area (Å²) < 4.78 is 22.3. The van der Waals surface area contributed by atoms with Gasteiger partial charge in [-0.05, 0) is 19.1 Å². The molecule has 0 bridgehead atoms. The number of aromatic nitrogens is 1. The van der Waals surface area contributed by atoms with E-state index >= 15 is 0 Å². The molecule has 2 aromatic heterocycles. The van der Waals surface area contributed by atoms with E-state index in [0.717, 1.165) is 26.9 Å². The highest BCUT2D eigenvalue weighted by Gasteiger charge is 2.13. The van der Waals surface area contributed by atoms with Crippen molar-refractivity contribution < 1.29 is 8.42 Å². The van der Waals surface area contributed by atoms with E-state index in [0.29, 0.717) is 0 Å². The van der Waals surface area contributed by atoms with E-state index in [1.54, 1.807) is 6.07 Å². The zero-order chi connectivity index (χ0) is 11.1. The van der Waals surface area contributed by atoms with Crippen LogP contribution in [0.1, 0.15) is 5.01 Å². The molecule has 2 heterocycles. The van der Waals surface area contributed by atoms with E-state index in [1.165, 1.54) is 17.4 Å². The first-order chi connectivity index (χ1) is 6.97. The van der Waals surface area contributed by atoms with Crippen molar-refractivity contribution in [1.29, 1.82) is 0 Å². The van der Waals surface area contributed by atoms with Crippen LogP contribution in [0.5, 0.6) is 0 Å². The van der Waals surface area contributed by atoms with Crippen LogP contribution in [0.25, 0.3) is 10.6 Å². The summed E-state index contributed by atoms with van der Waals surface area (Å²) in [5, 5.41) is 7.87. The van der Waals surface area contributed by atoms with Gasteiger partial charge in [0.1, 0.15) is 4.21 Å². The highest BCUT2D eigenvalue weighted by molar-refractivity contribution is 7.91. The van der Waals surface area contributed by atoms with Crippen LogP contribution in [0.2, 0.25) is 0 Å². The van der Waals surface area contributed by atoms with Gasteiger partial charge < -0.3 is 0 Å². The zero-order valence-electron chi connectivity index (χ0n) is 7.80. The summed E-state index contributed by atoms with van der Waals surface area (Å²) in [5.41, 5.74) is 0.803. The number of nitrogens with two attached hydrogens (primary N) is 1. The molecule has 0 aliphatic rings. The van der Waals surface area contributed by atoms with E-state index in [1.807, 2.05) is 12.3 Å². The van der Waals surface area contributed by atoms with Crippen LogP contribution in [-0.2, 0) is 10.0 Å². The number of hydrogen-bond donors (Lipinski definition) is 1. The van der Waals surface area contributed by atoms with Crippen LogP contribution >= 0.6 is 22.7 Å². The molecule has 0 spiro atoms. The predicted octanol–water partition coefficient (Wildman–Crippen LogP) is 1.83. The van der Waals surface area contributed by atoms with E-state index < -0.39 is 10.0 Å². The van der Waals surface area contributed by atoms with Gasteiger partial charge >= 0.3 is 0 Å². The van der Waals surface area contributed by atoms with Crippen molar-refractivity contribution in [2.24, 2.45) is 5.14 Å². The first-order valence-electron chi connectivity index (χ1n) is 4.02. The molecule has 2 N–H and O–H groups in total. The second kappa shape index (κ2) is 3.67. The molecule has 0 fully saturated rings. The standard InChI is InChI=1S/C8H8N2O2S3/c1-5-10-6(4-13-5)7-2-3-8(14-7)15(9,11)12/h2-4H,1H3,(H2,9,11,12). The number of thiazole rings is 1. The van der Waals surface area contributed by atoms with Gasteiger partial charge in [0.2, 0.25) is 10.0 Å². The highest BCUT2D eigenvalue weighted by atomic mass is 32.2. The van der Waals surface area contributed by atoms with Crippen LogP contribution in [0.15, 0.2) is 21.7 Å². The highest BCUT2D eigenvalue weighted by Crippen LogP contribution is 2.30. The van der Waals surface area contributed by atoms with Gasteiger partial charge in [-0.15, -0.1) is 22.7 Å². The van der Waals surface area contributed by atoms with Crippen molar-refractivity contribution in [3.8, 4) is 10.6 Å². The Labute approximate surface area is 95.5 Å². The minimum Gasteiger partial charge on any atom is -0.241 e. The molecule has 7 heteroatoms. The van der Waals surface area contributed by atoms with Crippen molar-refractivity contribution in [3.63, 3.8) is 0 Å². The number of sulfonamides is 1. The minimum absolute atomic E-state index is 0.170. The average Bonchev–Trinajstić information content (AvgIpc) is 2.69. The first kappa shape index (κ1) is 10.7. The third-order valence-electron chi connectivity index (χ3n) is 1.73. The van der Waals surface area contributed by atoms with Gasteiger partial charge in [-0.1, -0.05) is 0 Å². The second-order valence-electron chi connectivity index (χ2n) is 2.92. The summed E-state index contributed by atoms with van der Waals surface area (Å²) in [7, 11) is -3.59. The van der Waals surface area contributed by atoms with Crippen LogP contribution in [-0.4, -0.2) is 13.4 Å². The normalized spacial score (nSPS) is 11.9. The largest absolute Gasteiger partial charge is 0.247 e. The third-order valence-corrected chi connectivity index (χ3v) is 5.05. The maximum Gasteiger partial charge on any atom is 0.247 e. The number of thiophene rings is 1. The van der Waals surface area contributed by atoms with E-state index in [2.05, 4.69) is 4.98 Å². The molecule has 0 saturated heterocycles. The van der Waals surface area contributed by atoms with Gasteiger partial charge in [-0.3, -0.25) is 0 Å². The molecule has 0 aromatic carbocycles. The Bertz CT molecular complexity index is 583. The molecule has 2 aromatic rings. The maximum absolute atomic E-state index is 11.1. The minimum atomic E-state index is -3.59. The number of hydrogen-bond acceptors (Lipinski definition) is 5. The summed E-state index contributed by atoms with van der Waals surface area (Å²) in [6.45, 7) is 1.91. The summed E-state index contributed by atoms with van der Waals surface area (Å²) in [5.74, 6) is 0. The van der Waals surface area contributed by atoms with Crippen LogP contribution < -0.4 is 5.14 Å². The number of nitrogens with zero attached hydrogens (tertiary/aromatic N) is 1. The summed E-state index contributed by atoms with van der Waals surface area (Å²) in [6.07, 6.45) is 0. The SMILES string of the molecule is Cc1nc(-c2ccc(S(N)(=O)=O)s2)cs1. The van der Waals surface area contributed by atoms with E-state index in [4.69, 9.17) is 5.14 Å². The molecule has 0 amide bonds. The van der Waals surface area contributed by atoms with Crippen molar-refractivity contribution in [2.75, 3.05) is 0 Å². The predicted molar refractivity (Wildman–Crippen MR) is 61.5 cm³/mol. The molecule has 0 aliphatic heterocycles. The zero-order valence-corrected chi connectivity index (χ0v) is 10.2. The van der Waals surface area contributed by atoms with Gasteiger partial charge in [0, 0.05) is 5.38 Å². The molecule has 0 radical (unpaired) electrons. The molecule has 0 aliphatic carbocycles. The lowest BCUT2D eigenvalue weighted by Gasteiger charge is -1.89. The lowest BCUT2D eigenvalue weighted by molar-refractivity contribution is 0.600. The Kier molecular flexibility index (Phi) is 2.63. The molecular formula is C8H8N2O2S3. The fraction of sp³-hybridized carbons (Fsp3) is 0.125. The molecule has 2 rings (SSSR count). The Hall–Kier alpha value is -0.760. The Morgan fingerprint density at radius 2 is 2.13 bits per heavy atom. The van der Waals surface area contributed by atoms with Gasteiger partial charge in [-0.25, -0.2) is 18.5 Å². The lowest BCUT2D eigenvalue weighted by Crippen LogP contribution is -2.09. The van der Waals surface area contributed by atoms with Crippen LogP contribution in [0.3, 0.4) is 0 Å². The van der Waals surface area contributed by atoms with Gasteiger partial charge in [0.25, 0.3) is 0 Å². The van der Waals surface area contributed by atoms with E-state index in [9.17, 15) is 8.42 Å².